The van der Waals surface area contributed by atoms with E-state index in [9.17, 15) is 0 Å². The van der Waals surface area contributed by atoms with E-state index in [0.29, 0.717) is 0 Å². The third-order valence-electron chi connectivity index (χ3n) is 3.91. The van der Waals surface area contributed by atoms with Gasteiger partial charge in [-0.2, -0.15) is 9.50 Å². The van der Waals surface area contributed by atoms with E-state index in [4.69, 9.17) is 4.74 Å². The topological polar surface area (TPSA) is 39.4 Å². The maximum atomic E-state index is 6.25. The maximum Gasteiger partial charge on any atom is 0.232 e. The molecule has 2 aromatic rings. The molecule has 23 heavy (non-hydrogen) atoms. The summed E-state index contributed by atoms with van der Waals surface area (Å²) in [5.41, 5.74) is 4.24. The highest BCUT2D eigenvalue weighted by atomic mass is 127. The quantitative estimate of drug-likeness (QED) is 0.410. The molecule has 3 rings (SSSR count). The van der Waals surface area contributed by atoms with Gasteiger partial charge in [-0.15, -0.1) is 0 Å². The second-order valence-corrected chi connectivity index (χ2v) is 7.54. The molecule has 1 aromatic carbocycles. The number of alkyl halides is 1. The van der Waals surface area contributed by atoms with Gasteiger partial charge in [0.1, 0.15) is 5.60 Å². The van der Waals surface area contributed by atoms with E-state index in [0.717, 1.165) is 39.5 Å². The lowest BCUT2D eigenvalue weighted by molar-refractivity contribution is 0.128. The van der Waals surface area contributed by atoms with E-state index < -0.39 is 0 Å². The molecule has 0 spiro atoms. The lowest BCUT2D eigenvalue weighted by Gasteiger charge is -2.31. The third kappa shape index (κ3) is 3.57. The molecular formula is C17H20IN3OS. The van der Waals surface area contributed by atoms with Crippen molar-refractivity contribution < 1.29 is 4.74 Å². The van der Waals surface area contributed by atoms with Gasteiger partial charge in [0.15, 0.2) is 0 Å². The minimum atomic E-state index is -0.172. The van der Waals surface area contributed by atoms with Gasteiger partial charge in [0.25, 0.3) is 0 Å². The first-order valence-corrected chi connectivity index (χ1v) is 10.0. The zero-order valence-corrected chi connectivity index (χ0v) is 16.5. The largest absolute Gasteiger partial charge is 0.469 e. The Bertz CT molecular complexity index is 729. The molecule has 0 fully saturated rings. The number of aromatic nitrogens is 2. The fourth-order valence-corrected chi connectivity index (χ4v) is 4.18. The van der Waals surface area contributed by atoms with Gasteiger partial charge in [0.2, 0.25) is 5.90 Å². The van der Waals surface area contributed by atoms with Gasteiger partial charge >= 0.3 is 0 Å². The Labute approximate surface area is 155 Å². The van der Waals surface area contributed by atoms with Crippen LogP contribution in [0.15, 0.2) is 34.7 Å². The predicted octanol–water partition coefficient (Wildman–Crippen LogP) is 3.94. The number of ether oxygens (including phenoxy) is 1. The van der Waals surface area contributed by atoms with Crippen LogP contribution < -0.4 is 0 Å². The Morgan fingerprint density at radius 1 is 1.35 bits per heavy atom. The van der Waals surface area contributed by atoms with Crippen molar-refractivity contribution in [2.75, 3.05) is 10.2 Å². The number of rotatable bonds is 4. The molecule has 0 saturated carbocycles. The Balaban J connectivity index is 1.98. The molecule has 2 heterocycles. The van der Waals surface area contributed by atoms with Crippen molar-refractivity contribution in [2.45, 2.75) is 25.9 Å². The number of halogens is 1. The molecule has 0 N–H and O–H groups in total. The Morgan fingerprint density at radius 2 is 2.09 bits per heavy atom. The highest BCUT2D eigenvalue weighted by molar-refractivity contribution is 14.1. The van der Waals surface area contributed by atoms with Crippen molar-refractivity contribution in [3.8, 4) is 0 Å². The molecule has 1 aliphatic heterocycles. The van der Waals surface area contributed by atoms with Crippen LogP contribution in [0, 0.1) is 6.92 Å². The van der Waals surface area contributed by atoms with Crippen LogP contribution in [-0.4, -0.2) is 31.5 Å². The van der Waals surface area contributed by atoms with Crippen molar-refractivity contribution >= 4 is 40.4 Å². The minimum Gasteiger partial charge on any atom is -0.469 e. The molecule has 1 aliphatic rings. The molecule has 0 bridgehead atoms. The molecule has 122 valence electrons. The summed E-state index contributed by atoms with van der Waals surface area (Å²) in [5, 5.41) is 4.60. The summed E-state index contributed by atoms with van der Waals surface area (Å²) in [6, 6.07) is 10.4. The Morgan fingerprint density at radius 3 is 2.78 bits per heavy atom. The smallest absolute Gasteiger partial charge is 0.232 e. The molecule has 6 heteroatoms. The summed E-state index contributed by atoms with van der Waals surface area (Å²) in [7, 11) is 1.99. The monoisotopic (exact) mass is 441 g/mol. The highest BCUT2D eigenvalue weighted by Crippen LogP contribution is 2.31. The second kappa shape index (κ2) is 6.84. The summed E-state index contributed by atoms with van der Waals surface area (Å²) in [6.45, 7) is 4.17. The van der Waals surface area contributed by atoms with Gasteiger partial charge in [0, 0.05) is 17.9 Å². The normalized spacial score (nSPS) is 21.0. The standard InChI is InChI=1S/C17H20IN3OS/c1-12-15(16-20-23-11-17(2,10-18)22-16)14(21(3)19-12)9-13-7-5-4-6-8-13/h4-8H,9-11H2,1-3H3. The molecule has 1 unspecified atom stereocenters. The van der Waals surface area contributed by atoms with Gasteiger partial charge in [-0.25, -0.2) is 0 Å². The number of aryl methyl sites for hydroxylation is 2. The molecule has 0 radical (unpaired) electrons. The lowest BCUT2D eigenvalue weighted by atomic mass is 10.0. The van der Waals surface area contributed by atoms with Gasteiger partial charge in [-0.05, 0) is 31.4 Å². The summed E-state index contributed by atoms with van der Waals surface area (Å²) in [4.78, 5) is 0. The van der Waals surface area contributed by atoms with E-state index in [1.807, 2.05) is 24.7 Å². The summed E-state index contributed by atoms with van der Waals surface area (Å²) >= 11 is 3.96. The van der Waals surface area contributed by atoms with E-state index in [-0.39, 0.29) is 5.60 Å². The summed E-state index contributed by atoms with van der Waals surface area (Å²) < 4.78 is 13.7. The van der Waals surface area contributed by atoms with Gasteiger partial charge in [-0.3, -0.25) is 4.68 Å². The van der Waals surface area contributed by atoms with Gasteiger partial charge in [-0.1, -0.05) is 52.9 Å². The van der Waals surface area contributed by atoms with Crippen LogP contribution in [0.1, 0.15) is 29.4 Å². The maximum absolute atomic E-state index is 6.25. The third-order valence-corrected chi connectivity index (χ3v) is 6.56. The fraction of sp³-hybridized carbons (Fsp3) is 0.412. The molecule has 1 aromatic heterocycles. The summed E-state index contributed by atoms with van der Waals surface area (Å²) in [5.74, 6) is 1.60. The average Bonchev–Trinajstić information content (AvgIpc) is 2.82. The Kier molecular flexibility index (Phi) is 5.01. The number of hydrogen-bond acceptors (Lipinski definition) is 4. The summed E-state index contributed by atoms with van der Waals surface area (Å²) in [6.07, 6.45) is 0.821. The van der Waals surface area contributed by atoms with Crippen LogP contribution in [0.4, 0.5) is 0 Å². The van der Waals surface area contributed by atoms with Crippen LogP contribution in [0.2, 0.25) is 0 Å². The van der Waals surface area contributed by atoms with Gasteiger partial charge < -0.3 is 4.74 Å². The highest BCUT2D eigenvalue weighted by Gasteiger charge is 2.33. The first kappa shape index (κ1) is 16.8. The SMILES string of the molecule is Cc1nn(C)c(Cc2ccccc2)c1C1=NSCC(C)(CI)O1. The molecule has 1 atom stereocenters. The molecular weight excluding hydrogens is 421 g/mol. The molecule has 4 nitrogen and oxygen atoms in total. The van der Waals surface area contributed by atoms with Crippen LogP contribution in [0.25, 0.3) is 0 Å². The van der Waals surface area contributed by atoms with E-state index in [1.165, 1.54) is 5.56 Å². The van der Waals surface area contributed by atoms with Crippen LogP contribution in [0.5, 0.6) is 0 Å². The van der Waals surface area contributed by atoms with Crippen molar-refractivity contribution in [1.29, 1.82) is 0 Å². The Hall–Kier alpha value is -1.02. The minimum absolute atomic E-state index is 0.172. The average molecular weight is 441 g/mol. The van der Waals surface area contributed by atoms with Crippen LogP contribution in [0.3, 0.4) is 0 Å². The van der Waals surface area contributed by atoms with E-state index >= 15 is 0 Å². The second-order valence-electron chi connectivity index (χ2n) is 6.05. The first-order chi connectivity index (χ1) is 11.0. The lowest BCUT2D eigenvalue weighted by Crippen LogP contribution is -2.39. The predicted molar refractivity (Wildman–Crippen MR) is 105 cm³/mol. The van der Waals surface area contributed by atoms with E-state index in [2.05, 4.69) is 63.3 Å². The number of nitrogens with zero attached hydrogens (tertiary/aromatic N) is 3. The van der Waals surface area contributed by atoms with Gasteiger partial charge in [0.05, 0.1) is 22.7 Å². The van der Waals surface area contributed by atoms with Crippen molar-refractivity contribution in [3.05, 3.63) is 52.8 Å². The number of hydrogen-bond donors (Lipinski definition) is 0. The molecule has 0 aliphatic carbocycles. The van der Waals surface area contributed by atoms with E-state index in [1.54, 1.807) is 11.9 Å². The fourth-order valence-electron chi connectivity index (χ4n) is 2.65. The first-order valence-electron chi connectivity index (χ1n) is 7.54. The van der Waals surface area contributed by atoms with Crippen LogP contribution >= 0.6 is 34.5 Å². The molecule has 0 saturated heterocycles. The zero-order valence-electron chi connectivity index (χ0n) is 13.5. The van der Waals surface area contributed by atoms with Crippen molar-refractivity contribution in [2.24, 2.45) is 11.4 Å². The number of benzene rings is 1. The zero-order chi connectivity index (χ0) is 16.4. The van der Waals surface area contributed by atoms with Crippen molar-refractivity contribution in [1.82, 2.24) is 9.78 Å². The van der Waals surface area contributed by atoms with Crippen LogP contribution in [-0.2, 0) is 18.2 Å². The van der Waals surface area contributed by atoms with Crippen molar-refractivity contribution in [3.63, 3.8) is 0 Å². The molecule has 0 amide bonds.